The second kappa shape index (κ2) is 7.96. The van der Waals surface area contributed by atoms with Crippen molar-refractivity contribution in [2.75, 3.05) is 6.61 Å². The lowest BCUT2D eigenvalue weighted by molar-refractivity contribution is -0.277. The van der Waals surface area contributed by atoms with E-state index < -0.39 is 37.3 Å². The van der Waals surface area contributed by atoms with E-state index in [1.54, 1.807) is 6.07 Å². The number of phenolic OH excluding ortho intramolecular Hbond substituents is 1. The first-order chi connectivity index (χ1) is 11.3. The van der Waals surface area contributed by atoms with Crippen molar-refractivity contribution in [2.24, 2.45) is 0 Å². The summed E-state index contributed by atoms with van der Waals surface area (Å²) < 4.78 is 10.8. The van der Waals surface area contributed by atoms with Gasteiger partial charge in [-0.3, -0.25) is 0 Å². The summed E-state index contributed by atoms with van der Waals surface area (Å²) in [6.07, 6.45) is -4.22. The molecule has 24 heavy (non-hydrogen) atoms. The Morgan fingerprint density at radius 1 is 1.17 bits per heavy atom. The molecule has 5 N–H and O–H groups in total. The molecule has 7 nitrogen and oxygen atoms in total. The highest BCUT2D eigenvalue weighted by Crippen LogP contribution is 2.28. The largest absolute Gasteiger partial charge is 0.508 e. The van der Waals surface area contributed by atoms with E-state index in [4.69, 9.17) is 9.47 Å². The molecule has 1 heterocycles. The van der Waals surface area contributed by atoms with Gasteiger partial charge in [0.15, 0.2) is 0 Å². The van der Waals surface area contributed by atoms with Gasteiger partial charge in [0, 0.05) is 5.56 Å². The number of rotatable bonds is 5. The zero-order valence-corrected chi connectivity index (χ0v) is 13.7. The highest BCUT2D eigenvalue weighted by Gasteiger charge is 2.44. The van der Waals surface area contributed by atoms with Crippen LogP contribution in [0.5, 0.6) is 11.5 Å². The van der Waals surface area contributed by atoms with Crippen molar-refractivity contribution in [3.63, 3.8) is 0 Å². The maximum Gasteiger partial charge on any atom is 0.229 e. The minimum atomic E-state index is -1.50. The predicted octanol–water partition coefficient (Wildman–Crippen LogP) is 0.0796. The monoisotopic (exact) mass is 340 g/mol. The molecule has 0 spiro atoms. The standard InChI is InChI=1S/C17H24O7/c1-9(2)3-4-10-7-11(5-6-12(10)19)23-17-16(22)15(21)14(20)13(8-18)24-17/h3,5-7,13-22H,4,8H2,1-2H3/t13-,14-,15+,16-,17+/m0/s1. The minimum Gasteiger partial charge on any atom is -0.508 e. The van der Waals surface area contributed by atoms with Gasteiger partial charge in [0.1, 0.15) is 35.9 Å². The molecular weight excluding hydrogens is 316 g/mol. The van der Waals surface area contributed by atoms with Crippen molar-refractivity contribution >= 4 is 0 Å². The van der Waals surface area contributed by atoms with E-state index >= 15 is 0 Å². The summed E-state index contributed by atoms with van der Waals surface area (Å²) in [6, 6.07) is 4.58. The first kappa shape index (κ1) is 18.7. The van der Waals surface area contributed by atoms with E-state index in [0.29, 0.717) is 17.7 Å². The number of aliphatic hydroxyl groups excluding tert-OH is 4. The number of hydrogen-bond acceptors (Lipinski definition) is 7. The van der Waals surface area contributed by atoms with Crippen LogP contribution in [0.4, 0.5) is 0 Å². The van der Waals surface area contributed by atoms with Crippen LogP contribution in [-0.4, -0.2) is 62.8 Å². The van der Waals surface area contributed by atoms with E-state index in [0.717, 1.165) is 5.57 Å². The summed E-state index contributed by atoms with van der Waals surface area (Å²) in [5.41, 5.74) is 1.74. The van der Waals surface area contributed by atoms with Crippen molar-refractivity contribution < 1.29 is 35.0 Å². The van der Waals surface area contributed by atoms with Gasteiger partial charge in [0.05, 0.1) is 6.61 Å². The first-order valence-electron chi connectivity index (χ1n) is 7.76. The van der Waals surface area contributed by atoms with Gasteiger partial charge in [-0.25, -0.2) is 0 Å². The smallest absolute Gasteiger partial charge is 0.229 e. The van der Waals surface area contributed by atoms with Crippen LogP contribution in [0.1, 0.15) is 19.4 Å². The van der Waals surface area contributed by atoms with Crippen LogP contribution in [0.2, 0.25) is 0 Å². The number of benzene rings is 1. The lowest BCUT2D eigenvalue weighted by Crippen LogP contribution is -2.60. The molecule has 1 aliphatic heterocycles. The molecule has 0 aromatic heterocycles. The van der Waals surface area contributed by atoms with Crippen LogP contribution in [0, 0.1) is 0 Å². The van der Waals surface area contributed by atoms with Gasteiger partial charge in [-0.05, 0) is 38.5 Å². The Morgan fingerprint density at radius 3 is 2.50 bits per heavy atom. The highest BCUT2D eigenvalue weighted by molar-refractivity contribution is 5.40. The lowest BCUT2D eigenvalue weighted by Gasteiger charge is -2.39. The molecule has 1 aromatic rings. The van der Waals surface area contributed by atoms with Crippen LogP contribution in [0.25, 0.3) is 0 Å². The number of hydrogen-bond donors (Lipinski definition) is 5. The summed E-state index contributed by atoms with van der Waals surface area (Å²) in [5.74, 6) is 0.447. The average molecular weight is 340 g/mol. The van der Waals surface area contributed by atoms with Crippen LogP contribution in [0.3, 0.4) is 0 Å². The molecule has 5 atom stereocenters. The molecule has 2 rings (SSSR count). The van der Waals surface area contributed by atoms with Crippen molar-refractivity contribution in [1.29, 1.82) is 0 Å². The van der Waals surface area contributed by atoms with Gasteiger partial charge in [0.25, 0.3) is 0 Å². The predicted molar refractivity (Wildman–Crippen MR) is 85.6 cm³/mol. The Kier molecular flexibility index (Phi) is 6.20. The maximum absolute atomic E-state index is 9.98. The van der Waals surface area contributed by atoms with E-state index in [-0.39, 0.29) is 5.75 Å². The first-order valence-corrected chi connectivity index (χ1v) is 7.76. The maximum atomic E-state index is 9.98. The van der Waals surface area contributed by atoms with E-state index in [1.807, 2.05) is 19.9 Å². The van der Waals surface area contributed by atoms with Crippen LogP contribution in [0.15, 0.2) is 29.8 Å². The second-order valence-electron chi connectivity index (χ2n) is 6.09. The van der Waals surface area contributed by atoms with Crippen molar-refractivity contribution in [2.45, 2.75) is 51.0 Å². The molecule has 1 aliphatic rings. The second-order valence-corrected chi connectivity index (χ2v) is 6.09. The summed E-state index contributed by atoms with van der Waals surface area (Å²) in [5, 5.41) is 48.6. The van der Waals surface area contributed by atoms with E-state index in [2.05, 4.69) is 0 Å². The number of ether oxygens (including phenoxy) is 2. The van der Waals surface area contributed by atoms with Gasteiger partial charge >= 0.3 is 0 Å². The van der Waals surface area contributed by atoms with Gasteiger partial charge < -0.3 is 35.0 Å². The van der Waals surface area contributed by atoms with Crippen LogP contribution in [-0.2, 0) is 11.2 Å². The molecule has 0 unspecified atom stereocenters. The highest BCUT2D eigenvalue weighted by atomic mass is 16.7. The third-order valence-electron chi connectivity index (χ3n) is 3.88. The molecule has 0 aliphatic carbocycles. The summed E-state index contributed by atoms with van der Waals surface area (Å²) >= 11 is 0. The molecule has 1 fully saturated rings. The molecule has 134 valence electrons. The molecule has 0 amide bonds. The topological polar surface area (TPSA) is 120 Å². The van der Waals surface area contributed by atoms with Crippen molar-refractivity contribution in [3.8, 4) is 11.5 Å². The van der Waals surface area contributed by atoms with Crippen LogP contribution < -0.4 is 4.74 Å². The summed E-state index contributed by atoms with van der Waals surface area (Å²) in [7, 11) is 0. The molecule has 1 saturated heterocycles. The van der Waals surface area contributed by atoms with Crippen molar-refractivity contribution in [1.82, 2.24) is 0 Å². The van der Waals surface area contributed by atoms with E-state index in [9.17, 15) is 25.5 Å². The third-order valence-corrected chi connectivity index (χ3v) is 3.88. The fourth-order valence-corrected chi connectivity index (χ4v) is 2.41. The molecule has 0 saturated carbocycles. The Morgan fingerprint density at radius 2 is 1.88 bits per heavy atom. The third kappa shape index (κ3) is 4.25. The number of aromatic hydroxyl groups is 1. The van der Waals surface area contributed by atoms with E-state index in [1.165, 1.54) is 12.1 Å². The molecule has 0 bridgehead atoms. The number of aliphatic hydroxyl groups is 4. The van der Waals surface area contributed by atoms with Gasteiger partial charge in [-0.2, -0.15) is 0 Å². The molecule has 1 aromatic carbocycles. The minimum absolute atomic E-state index is 0.119. The molecule has 0 radical (unpaired) electrons. The zero-order chi connectivity index (χ0) is 17.9. The average Bonchev–Trinajstić information content (AvgIpc) is 2.55. The van der Waals surface area contributed by atoms with Crippen LogP contribution >= 0.6 is 0 Å². The lowest BCUT2D eigenvalue weighted by atomic mass is 9.99. The Balaban J connectivity index is 2.15. The quantitative estimate of drug-likeness (QED) is 0.482. The van der Waals surface area contributed by atoms with Crippen molar-refractivity contribution in [3.05, 3.63) is 35.4 Å². The SMILES string of the molecule is CC(C)=CCc1cc(O[C@@H]2O[C@@H](CO)[C@H](O)[C@@H](O)[C@@H]2O)ccc1O. The Labute approximate surface area is 140 Å². The number of phenols is 1. The summed E-state index contributed by atoms with van der Waals surface area (Å²) in [4.78, 5) is 0. The Bertz CT molecular complexity index is 580. The summed E-state index contributed by atoms with van der Waals surface area (Å²) in [6.45, 7) is 3.38. The fourth-order valence-electron chi connectivity index (χ4n) is 2.41. The molecule has 7 heteroatoms. The Hall–Kier alpha value is -1.64. The normalized spacial score (nSPS) is 30.0. The number of allylic oxidation sites excluding steroid dienone is 2. The van der Waals surface area contributed by atoms with Gasteiger partial charge in [0.2, 0.25) is 6.29 Å². The molecular formula is C17H24O7. The fraction of sp³-hybridized carbons (Fsp3) is 0.529. The van der Waals surface area contributed by atoms with Gasteiger partial charge in [-0.15, -0.1) is 0 Å². The van der Waals surface area contributed by atoms with Gasteiger partial charge in [-0.1, -0.05) is 11.6 Å². The zero-order valence-electron chi connectivity index (χ0n) is 13.7.